The van der Waals surface area contributed by atoms with Crippen LogP contribution >= 0.6 is 0 Å². The molecule has 2 atom stereocenters. The summed E-state index contributed by atoms with van der Waals surface area (Å²) >= 11 is 0. The van der Waals surface area contributed by atoms with Gasteiger partial charge in [-0.05, 0) is 43.0 Å². The largest absolute Gasteiger partial charge is 0.356 e. The van der Waals surface area contributed by atoms with Crippen molar-refractivity contribution in [3.8, 4) is 0 Å². The average Bonchev–Trinajstić information content (AvgIpc) is 3.11. The van der Waals surface area contributed by atoms with E-state index in [1.54, 1.807) is 0 Å². The van der Waals surface area contributed by atoms with E-state index in [2.05, 4.69) is 38.2 Å². The minimum Gasteiger partial charge on any atom is -0.356 e. The summed E-state index contributed by atoms with van der Waals surface area (Å²) in [5, 5.41) is 3.07. The van der Waals surface area contributed by atoms with Crippen molar-refractivity contribution in [2.75, 3.05) is 19.6 Å². The van der Waals surface area contributed by atoms with Crippen LogP contribution in [0.4, 0.5) is 0 Å². The molecule has 2 aromatic rings. The van der Waals surface area contributed by atoms with Crippen LogP contribution in [0.3, 0.4) is 0 Å². The SMILES string of the molecule is Cc1ccc(C(=O)N2CC(C(=O)NCC(C)C)C(c3ccccc3C)C2)cc1. The highest BCUT2D eigenvalue weighted by Gasteiger charge is 2.41. The Kier molecular flexibility index (Phi) is 6.18. The number of likely N-dealkylation sites (tertiary alicyclic amines) is 1. The number of rotatable bonds is 5. The van der Waals surface area contributed by atoms with Gasteiger partial charge in [0.05, 0.1) is 5.92 Å². The van der Waals surface area contributed by atoms with Gasteiger partial charge >= 0.3 is 0 Å². The van der Waals surface area contributed by atoms with Gasteiger partial charge in [-0.15, -0.1) is 0 Å². The maximum Gasteiger partial charge on any atom is 0.253 e. The average molecular weight is 379 g/mol. The first-order valence-electron chi connectivity index (χ1n) is 10.1. The fourth-order valence-electron chi connectivity index (χ4n) is 3.87. The van der Waals surface area contributed by atoms with Gasteiger partial charge in [-0.2, -0.15) is 0 Å². The smallest absolute Gasteiger partial charge is 0.253 e. The summed E-state index contributed by atoms with van der Waals surface area (Å²) in [5.41, 5.74) is 4.13. The molecule has 0 spiro atoms. The number of nitrogens with zero attached hydrogens (tertiary/aromatic N) is 1. The molecule has 28 heavy (non-hydrogen) atoms. The summed E-state index contributed by atoms with van der Waals surface area (Å²) in [7, 11) is 0. The molecule has 0 bridgehead atoms. The fraction of sp³-hybridized carbons (Fsp3) is 0.417. The molecule has 1 heterocycles. The van der Waals surface area contributed by atoms with Gasteiger partial charge in [0.2, 0.25) is 5.91 Å². The monoisotopic (exact) mass is 378 g/mol. The normalized spacial score (nSPS) is 19.1. The lowest BCUT2D eigenvalue weighted by Gasteiger charge is -2.20. The van der Waals surface area contributed by atoms with E-state index in [1.807, 2.05) is 48.2 Å². The van der Waals surface area contributed by atoms with Crippen LogP contribution in [0.25, 0.3) is 0 Å². The zero-order valence-electron chi connectivity index (χ0n) is 17.2. The maximum atomic E-state index is 13.0. The molecule has 148 valence electrons. The van der Waals surface area contributed by atoms with Gasteiger partial charge in [0.25, 0.3) is 5.91 Å². The summed E-state index contributed by atoms with van der Waals surface area (Å²) in [6.07, 6.45) is 0. The van der Waals surface area contributed by atoms with Gasteiger partial charge in [0, 0.05) is 31.1 Å². The van der Waals surface area contributed by atoms with Crippen molar-refractivity contribution >= 4 is 11.8 Å². The summed E-state index contributed by atoms with van der Waals surface area (Å²) in [5.74, 6) is 0.225. The van der Waals surface area contributed by atoms with Crippen molar-refractivity contribution < 1.29 is 9.59 Å². The third-order valence-electron chi connectivity index (χ3n) is 5.51. The topological polar surface area (TPSA) is 49.4 Å². The van der Waals surface area contributed by atoms with E-state index in [9.17, 15) is 9.59 Å². The molecule has 4 heteroatoms. The van der Waals surface area contributed by atoms with Crippen LogP contribution in [0.15, 0.2) is 48.5 Å². The molecule has 2 amide bonds. The Labute approximate surface area is 167 Å². The summed E-state index contributed by atoms with van der Waals surface area (Å²) in [6, 6.07) is 15.8. The van der Waals surface area contributed by atoms with Crippen molar-refractivity contribution in [2.45, 2.75) is 33.6 Å². The Hall–Kier alpha value is -2.62. The highest BCUT2D eigenvalue weighted by molar-refractivity contribution is 5.95. The summed E-state index contributed by atoms with van der Waals surface area (Å²) < 4.78 is 0. The van der Waals surface area contributed by atoms with Gasteiger partial charge in [-0.25, -0.2) is 0 Å². The van der Waals surface area contributed by atoms with Gasteiger partial charge in [0.1, 0.15) is 0 Å². The van der Waals surface area contributed by atoms with Gasteiger partial charge in [-0.1, -0.05) is 55.8 Å². The Morgan fingerprint density at radius 3 is 2.36 bits per heavy atom. The quantitative estimate of drug-likeness (QED) is 0.857. The molecular weight excluding hydrogens is 348 g/mol. The minimum absolute atomic E-state index is 0.00209. The van der Waals surface area contributed by atoms with E-state index in [0.29, 0.717) is 31.1 Å². The first-order valence-corrected chi connectivity index (χ1v) is 10.1. The van der Waals surface area contributed by atoms with Gasteiger partial charge in [0.15, 0.2) is 0 Å². The predicted molar refractivity (Wildman–Crippen MR) is 112 cm³/mol. The Bertz CT molecular complexity index is 842. The number of carbonyl (C=O) groups is 2. The number of nitrogens with one attached hydrogen (secondary N) is 1. The van der Waals surface area contributed by atoms with Crippen LogP contribution in [-0.4, -0.2) is 36.3 Å². The molecule has 0 radical (unpaired) electrons. The third-order valence-corrected chi connectivity index (χ3v) is 5.51. The molecule has 3 rings (SSSR count). The molecule has 0 saturated carbocycles. The van der Waals surface area contributed by atoms with Crippen LogP contribution in [0.5, 0.6) is 0 Å². The number of hydrogen-bond donors (Lipinski definition) is 1. The number of carbonyl (C=O) groups excluding carboxylic acids is 2. The first-order chi connectivity index (χ1) is 13.4. The molecule has 0 aromatic heterocycles. The summed E-state index contributed by atoms with van der Waals surface area (Å²) in [6.45, 7) is 9.92. The lowest BCUT2D eigenvalue weighted by Crippen LogP contribution is -2.37. The third kappa shape index (κ3) is 4.44. The molecular formula is C24H30N2O2. The number of hydrogen-bond acceptors (Lipinski definition) is 2. The van der Waals surface area contributed by atoms with E-state index >= 15 is 0 Å². The zero-order chi connectivity index (χ0) is 20.3. The first kappa shape index (κ1) is 20.1. The standard InChI is InChI=1S/C24H30N2O2/c1-16(2)13-25-23(27)22-15-26(24(28)19-11-9-17(3)10-12-19)14-21(22)20-8-6-5-7-18(20)4/h5-12,16,21-22H,13-15H2,1-4H3,(H,25,27). The molecule has 1 aliphatic heterocycles. The highest BCUT2D eigenvalue weighted by atomic mass is 16.2. The Balaban J connectivity index is 1.85. The van der Waals surface area contributed by atoms with E-state index in [-0.39, 0.29) is 23.7 Å². The van der Waals surface area contributed by atoms with Crippen molar-refractivity contribution in [3.05, 3.63) is 70.8 Å². The van der Waals surface area contributed by atoms with Crippen LogP contribution in [0, 0.1) is 25.7 Å². The van der Waals surface area contributed by atoms with Crippen LogP contribution in [0.2, 0.25) is 0 Å². The molecule has 0 aliphatic carbocycles. The molecule has 1 N–H and O–H groups in total. The van der Waals surface area contributed by atoms with Crippen LogP contribution < -0.4 is 5.32 Å². The minimum atomic E-state index is -0.228. The second-order valence-corrected chi connectivity index (χ2v) is 8.28. The van der Waals surface area contributed by atoms with E-state index < -0.39 is 0 Å². The van der Waals surface area contributed by atoms with Gasteiger partial charge < -0.3 is 10.2 Å². The predicted octanol–water partition coefficient (Wildman–Crippen LogP) is 3.93. The zero-order valence-corrected chi connectivity index (χ0v) is 17.2. The lowest BCUT2D eigenvalue weighted by molar-refractivity contribution is -0.125. The van der Waals surface area contributed by atoms with E-state index in [0.717, 1.165) is 11.1 Å². The van der Waals surface area contributed by atoms with E-state index in [4.69, 9.17) is 0 Å². The van der Waals surface area contributed by atoms with Crippen molar-refractivity contribution in [2.24, 2.45) is 11.8 Å². The molecule has 1 fully saturated rings. The number of amides is 2. The van der Waals surface area contributed by atoms with Gasteiger partial charge in [-0.3, -0.25) is 9.59 Å². The fourth-order valence-corrected chi connectivity index (χ4v) is 3.87. The molecule has 1 saturated heterocycles. The summed E-state index contributed by atoms with van der Waals surface area (Å²) in [4.78, 5) is 27.8. The number of aryl methyl sites for hydroxylation is 2. The molecule has 2 aromatic carbocycles. The molecule has 4 nitrogen and oxygen atoms in total. The highest BCUT2D eigenvalue weighted by Crippen LogP contribution is 2.35. The van der Waals surface area contributed by atoms with Crippen LogP contribution in [-0.2, 0) is 4.79 Å². The van der Waals surface area contributed by atoms with Crippen molar-refractivity contribution in [3.63, 3.8) is 0 Å². The second-order valence-electron chi connectivity index (χ2n) is 8.28. The van der Waals surface area contributed by atoms with E-state index in [1.165, 1.54) is 5.56 Å². The van der Waals surface area contributed by atoms with Crippen LogP contribution in [0.1, 0.15) is 46.8 Å². The molecule has 2 unspecified atom stereocenters. The Morgan fingerprint density at radius 2 is 1.71 bits per heavy atom. The Morgan fingerprint density at radius 1 is 1.04 bits per heavy atom. The molecule has 1 aliphatic rings. The maximum absolute atomic E-state index is 13.0. The number of benzene rings is 2. The van der Waals surface area contributed by atoms with Crippen molar-refractivity contribution in [1.82, 2.24) is 10.2 Å². The van der Waals surface area contributed by atoms with Crippen molar-refractivity contribution in [1.29, 1.82) is 0 Å². The second kappa shape index (κ2) is 8.59. The lowest BCUT2D eigenvalue weighted by atomic mass is 9.86.